The van der Waals surface area contributed by atoms with Crippen LogP contribution in [0, 0.1) is 13.8 Å². The van der Waals surface area contributed by atoms with Gasteiger partial charge in [0, 0.05) is 18.5 Å². The highest BCUT2D eigenvalue weighted by Gasteiger charge is 2.26. The average Bonchev–Trinajstić information content (AvgIpc) is 2.95. The molecule has 21 heteroatoms. The molecule has 0 spiro atoms. The number of nitrogens with zero attached hydrogens (tertiary/aromatic N) is 6. The molecule has 0 amide bonds. The van der Waals surface area contributed by atoms with Gasteiger partial charge >= 0.3 is 0 Å². The monoisotopic (exact) mass is 695 g/mol. The van der Waals surface area contributed by atoms with Crippen LogP contribution < -0.4 is 10.2 Å². The molecule has 0 aliphatic carbocycles. The zero-order valence-electron chi connectivity index (χ0n) is 23.8. The minimum atomic E-state index is -5.20. The molecule has 18 nitrogen and oxygen atoms in total. The van der Waals surface area contributed by atoms with Crippen LogP contribution in [0.15, 0.2) is 61.3 Å². The first-order chi connectivity index (χ1) is 21.4. The summed E-state index contributed by atoms with van der Waals surface area (Å²) in [5.74, 6) is -0.567. The molecule has 5 N–H and O–H groups in total. The average molecular weight is 696 g/mol. The van der Waals surface area contributed by atoms with Crippen molar-refractivity contribution in [3.05, 3.63) is 47.8 Å². The van der Waals surface area contributed by atoms with Crippen LogP contribution in [0.4, 0.5) is 29.0 Å². The summed E-state index contributed by atoms with van der Waals surface area (Å²) in [6.45, 7) is 4.89. The minimum Gasteiger partial charge on any atom is -0.505 e. The van der Waals surface area contributed by atoms with Crippen LogP contribution in [0.5, 0.6) is 5.75 Å². The van der Waals surface area contributed by atoms with Gasteiger partial charge in [0.1, 0.15) is 27.0 Å². The first-order valence-corrected chi connectivity index (χ1v) is 17.3. The number of anilines is 3. The quantitative estimate of drug-likeness (QED) is 0.131. The van der Waals surface area contributed by atoms with E-state index >= 15 is 0 Å². The summed E-state index contributed by atoms with van der Waals surface area (Å²) < 4.78 is 108. The summed E-state index contributed by atoms with van der Waals surface area (Å²) in [5.41, 5.74) is -1.14. The van der Waals surface area contributed by atoms with Crippen molar-refractivity contribution in [3.8, 4) is 5.75 Å². The highest BCUT2D eigenvalue weighted by molar-refractivity contribution is 7.86. The number of ether oxygens (including phenoxy) is 1. The van der Waals surface area contributed by atoms with Crippen molar-refractivity contribution in [1.82, 2.24) is 15.0 Å². The Morgan fingerprint density at radius 2 is 1.50 bits per heavy atom. The van der Waals surface area contributed by atoms with Gasteiger partial charge in [-0.05, 0) is 55.1 Å². The fourth-order valence-electron chi connectivity index (χ4n) is 4.56. The van der Waals surface area contributed by atoms with Crippen molar-refractivity contribution in [2.45, 2.75) is 28.5 Å². The van der Waals surface area contributed by atoms with E-state index in [-0.39, 0.29) is 34.2 Å². The van der Waals surface area contributed by atoms with Crippen LogP contribution in [0.3, 0.4) is 0 Å². The van der Waals surface area contributed by atoms with Crippen molar-refractivity contribution >= 4 is 70.1 Å². The molecular formula is C25H25N7O11S3. The highest BCUT2D eigenvalue weighted by atomic mass is 32.2. The van der Waals surface area contributed by atoms with Gasteiger partial charge in [-0.2, -0.15) is 40.2 Å². The largest absolute Gasteiger partial charge is 0.505 e. The highest BCUT2D eigenvalue weighted by Crippen LogP contribution is 2.46. The van der Waals surface area contributed by atoms with Gasteiger partial charge in [-0.3, -0.25) is 13.7 Å². The first kappa shape index (κ1) is 33.0. The number of aromatic hydroxyl groups is 1. The molecule has 1 aliphatic heterocycles. The lowest BCUT2D eigenvalue weighted by atomic mass is 10.1. The van der Waals surface area contributed by atoms with Crippen LogP contribution in [0.25, 0.3) is 10.8 Å². The second-order valence-electron chi connectivity index (χ2n) is 9.97. The number of rotatable bonds is 8. The second kappa shape index (κ2) is 12.1. The van der Waals surface area contributed by atoms with E-state index in [9.17, 15) is 44.0 Å². The zero-order valence-corrected chi connectivity index (χ0v) is 26.3. The van der Waals surface area contributed by atoms with Crippen LogP contribution >= 0.6 is 0 Å². The van der Waals surface area contributed by atoms with Gasteiger partial charge in [-0.15, -0.1) is 10.2 Å². The lowest BCUT2D eigenvalue weighted by molar-refractivity contribution is 0.122. The fraction of sp³-hybridized carbons (Fsp3) is 0.240. The number of phenols is 1. The number of phenolic OH excluding ortho intramolecular Hbond substituents is 1. The predicted molar refractivity (Wildman–Crippen MR) is 161 cm³/mol. The molecule has 0 bridgehead atoms. The zero-order chi connectivity index (χ0) is 33.6. The SMILES string of the molecule is Cc1ccc(N=Nc2c(S(=O)(=O)O)cc3cc(S(=O)(=O)O)cc(Nc4nc(C)nc(N5CCOCC5)n4)c3c2O)c(S(=O)(=O)O)c1. The maximum atomic E-state index is 12.4. The van der Waals surface area contributed by atoms with E-state index in [1.54, 1.807) is 6.92 Å². The smallest absolute Gasteiger partial charge is 0.296 e. The number of nitrogens with one attached hydrogen (secondary N) is 1. The van der Waals surface area contributed by atoms with E-state index in [2.05, 4.69) is 30.5 Å². The van der Waals surface area contributed by atoms with E-state index in [0.29, 0.717) is 31.9 Å². The number of hydrogen-bond acceptors (Lipinski definition) is 15. The Labute approximate surface area is 262 Å². The van der Waals surface area contributed by atoms with Crippen LogP contribution in [0.2, 0.25) is 0 Å². The number of hydrogen-bond donors (Lipinski definition) is 5. The van der Waals surface area contributed by atoms with Crippen molar-refractivity contribution < 1.29 is 48.8 Å². The van der Waals surface area contributed by atoms with Gasteiger partial charge in [0.2, 0.25) is 11.9 Å². The van der Waals surface area contributed by atoms with Crippen molar-refractivity contribution in [3.63, 3.8) is 0 Å². The molecule has 3 aromatic carbocycles. The topological polar surface area (TPSA) is 271 Å². The van der Waals surface area contributed by atoms with E-state index in [4.69, 9.17) is 4.74 Å². The minimum absolute atomic E-state index is 0.123. The molecule has 1 fully saturated rings. The summed E-state index contributed by atoms with van der Waals surface area (Å²) in [4.78, 5) is 12.2. The number of azo groups is 1. The Morgan fingerprint density at radius 3 is 2.13 bits per heavy atom. The Hall–Kier alpha value is -4.38. The molecule has 5 rings (SSSR count). The molecule has 1 aromatic heterocycles. The van der Waals surface area contributed by atoms with Crippen molar-refractivity contribution in [1.29, 1.82) is 0 Å². The Balaban J connectivity index is 1.75. The number of morpholine rings is 1. The molecule has 0 atom stereocenters. The summed E-state index contributed by atoms with van der Waals surface area (Å²) in [7, 11) is -14.9. The van der Waals surface area contributed by atoms with Crippen molar-refractivity contribution in [2.24, 2.45) is 10.2 Å². The molecule has 0 unspecified atom stereocenters. The van der Waals surface area contributed by atoms with Gasteiger partial charge in [-0.1, -0.05) is 6.07 Å². The molecule has 2 heterocycles. The number of aromatic nitrogens is 3. The van der Waals surface area contributed by atoms with Gasteiger partial charge in [0.15, 0.2) is 5.75 Å². The molecule has 0 radical (unpaired) electrons. The lowest BCUT2D eigenvalue weighted by Crippen LogP contribution is -2.37. The number of benzene rings is 3. The first-order valence-electron chi connectivity index (χ1n) is 13.0. The summed E-state index contributed by atoms with van der Waals surface area (Å²) in [6, 6.07) is 6.17. The van der Waals surface area contributed by atoms with Gasteiger partial charge in [-0.25, -0.2) is 0 Å². The molecule has 4 aromatic rings. The molecule has 46 heavy (non-hydrogen) atoms. The Morgan fingerprint density at radius 1 is 0.826 bits per heavy atom. The Bertz CT molecular complexity index is 2240. The maximum absolute atomic E-state index is 12.4. The van der Waals surface area contributed by atoms with Crippen LogP contribution in [0.1, 0.15) is 11.4 Å². The lowest BCUT2D eigenvalue weighted by Gasteiger charge is -2.27. The van der Waals surface area contributed by atoms with Gasteiger partial charge in [0.05, 0.1) is 23.8 Å². The van der Waals surface area contributed by atoms with Gasteiger partial charge < -0.3 is 20.1 Å². The maximum Gasteiger partial charge on any atom is 0.296 e. The van der Waals surface area contributed by atoms with Crippen molar-refractivity contribution in [2.75, 3.05) is 36.5 Å². The second-order valence-corrected chi connectivity index (χ2v) is 14.2. The van der Waals surface area contributed by atoms with E-state index in [1.807, 2.05) is 4.90 Å². The molecule has 0 saturated carbocycles. The Kier molecular flexibility index (Phi) is 8.67. The van der Waals surface area contributed by atoms with Crippen LogP contribution in [-0.4, -0.2) is 85.3 Å². The number of fused-ring (bicyclic) bond motifs is 1. The third kappa shape index (κ3) is 7.04. The summed E-state index contributed by atoms with van der Waals surface area (Å²) in [6.07, 6.45) is 0. The van der Waals surface area contributed by atoms with E-state index in [0.717, 1.165) is 30.3 Å². The predicted octanol–water partition coefficient (Wildman–Crippen LogP) is 3.08. The standard InChI is InChI=1S/C25H25N7O11S3/c1-13-3-4-17(19(9-13)45(37,38)39)30-31-22-20(46(40,41)42)11-15-10-16(44(34,35)36)12-18(21(15)23(22)33)28-24-26-14(2)27-25(29-24)32-5-7-43-8-6-32/h3-4,9-12,33H,5-8H2,1-2H3,(H,34,35,36)(H,37,38,39)(H,40,41,42)(H,26,27,28,29). The molecular weight excluding hydrogens is 671 g/mol. The summed E-state index contributed by atoms with van der Waals surface area (Å²) in [5, 5.41) is 21.0. The normalized spacial score (nSPS) is 14.7. The van der Waals surface area contributed by atoms with E-state index in [1.165, 1.54) is 13.0 Å². The van der Waals surface area contributed by atoms with Crippen LogP contribution in [-0.2, 0) is 35.1 Å². The third-order valence-corrected chi connectivity index (χ3v) is 9.21. The molecule has 1 aliphatic rings. The molecule has 244 valence electrons. The van der Waals surface area contributed by atoms with Gasteiger partial charge in [0.25, 0.3) is 30.4 Å². The molecule has 1 saturated heterocycles. The third-order valence-electron chi connectivity index (χ3n) is 6.63. The fourth-order valence-corrected chi connectivity index (χ4v) is 6.47. The number of aryl methyl sites for hydroxylation is 2. The van der Waals surface area contributed by atoms with E-state index < -0.39 is 62.2 Å². The summed E-state index contributed by atoms with van der Waals surface area (Å²) >= 11 is 0.